The molecular formula is C27H22FN7O. The van der Waals surface area contributed by atoms with Crippen LogP contribution in [0.4, 0.5) is 4.39 Å². The van der Waals surface area contributed by atoms with E-state index in [2.05, 4.69) is 41.1 Å². The van der Waals surface area contributed by atoms with Crippen molar-refractivity contribution in [3.63, 3.8) is 0 Å². The van der Waals surface area contributed by atoms with Gasteiger partial charge in [-0.2, -0.15) is 5.10 Å². The molecule has 0 radical (unpaired) electrons. The number of rotatable bonds is 5. The summed E-state index contributed by atoms with van der Waals surface area (Å²) >= 11 is 0. The van der Waals surface area contributed by atoms with E-state index < -0.39 is 5.82 Å². The van der Waals surface area contributed by atoms with Gasteiger partial charge in [-0.25, -0.2) is 9.37 Å². The average molecular weight is 480 g/mol. The number of phenolic OH excluding ortho intramolecular Hbond substituents is 1. The predicted molar refractivity (Wildman–Crippen MR) is 137 cm³/mol. The normalized spacial score (nSPS) is 11.7. The van der Waals surface area contributed by atoms with Crippen molar-refractivity contribution in [3.05, 3.63) is 78.6 Å². The number of H-pyrrole nitrogens is 2. The van der Waals surface area contributed by atoms with Gasteiger partial charge >= 0.3 is 0 Å². The molecule has 1 aromatic carbocycles. The monoisotopic (exact) mass is 479 g/mol. The first kappa shape index (κ1) is 21.9. The van der Waals surface area contributed by atoms with Gasteiger partial charge in [0.05, 0.1) is 17.1 Å². The first-order valence-electron chi connectivity index (χ1n) is 11.4. The van der Waals surface area contributed by atoms with E-state index in [9.17, 15) is 9.50 Å². The lowest BCUT2D eigenvalue weighted by atomic mass is 10.1. The number of nitrogens with zero attached hydrogens (tertiary/aromatic N) is 5. The summed E-state index contributed by atoms with van der Waals surface area (Å²) in [5.41, 5.74) is 7.08. The van der Waals surface area contributed by atoms with E-state index in [4.69, 9.17) is 0 Å². The van der Waals surface area contributed by atoms with Gasteiger partial charge in [0.15, 0.2) is 5.65 Å². The highest BCUT2D eigenvalue weighted by molar-refractivity contribution is 6.00. The number of pyridine rings is 3. The number of halogens is 1. The average Bonchev–Trinajstić information content (AvgIpc) is 3.46. The number of hydrogen-bond donors (Lipinski definition) is 3. The number of aromatic amines is 2. The molecule has 0 aliphatic rings. The number of benzene rings is 1. The minimum atomic E-state index is -0.526. The van der Waals surface area contributed by atoms with E-state index in [0.29, 0.717) is 16.9 Å². The lowest BCUT2D eigenvalue weighted by molar-refractivity contribution is 0.402. The molecule has 36 heavy (non-hydrogen) atoms. The largest absolute Gasteiger partial charge is 0.508 e. The van der Waals surface area contributed by atoms with Gasteiger partial charge < -0.3 is 15.0 Å². The molecule has 6 aromatic rings. The number of aromatic hydroxyl groups is 1. The molecule has 0 saturated carbocycles. The third-order valence-electron chi connectivity index (χ3n) is 6.01. The minimum absolute atomic E-state index is 0.151. The quantitative estimate of drug-likeness (QED) is 0.316. The molecule has 0 amide bonds. The molecule has 0 saturated heterocycles. The molecule has 9 heteroatoms. The smallest absolute Gasteiger partial charge is 0.181 e. The van der Waals surface area contributed by atoms with Gasteiger partial charge in [0.2, 0.25) is 0 Å². The second kappa shape index (κ2) is 8.54. The van der Waals surface area contributed by atoms with E-state index >= 15 is 0 Å². The second-order valence-electron chi connectivity index (χ2n) is 9.02. The Morgan fingerprint density at radius 3 is 2.61 bits per heavy atom. The molecule has 0 aliphatic heterocycles. The zero-order valence-corrected chi connectivity index (χ0v) is 19.6. The molecule has 3 N–H and O–H groups in total. The minimum Gasteiger partial charge on any atom is -0.508 e. The van der Waals surface area contributed by atoms with Crippen LogP contribution in [0.15, 0.2) is 67.3 Å². The third-order valence-corrected chi connectivity index (χ3v) is 6.01. The van der Waals surface area contributed by atoms with Gasteiger partial charge in [-0.05, 0) is 56.1 Å². The summed E-state index contributed by atoms with van der Waals surface area (Å²) < 4.78 is 14.0. The number of aromatic nitrogens is 6. The van der Waals surface area contributed by atoms with Crippen molar-refractivity contribution in [2.45, 2.75) is 6.54 Å². The van der Waals surface area contributed by atoms with Crippen molar-refractivity contribution in [2.75, 3.05) is 14.1 Å². The van der Waals surface area contributed by atoms with Gasteiger partial charge in [-0.3, -0.25) is 15.1 Å². The molecule has 0 spiro atoms. The molecule has 8 nitrogen and oxygen atoms in total. The fraction of sp³-hybridized carbons (Fsp3) is 0.111. The Kier molecular flexibility index (Phi) is 5.19. The maximum Gasteiger partial charge on any atom is 0.181 e. The SMILES string of the molecule is CN(C)Cc1cncc(-c2cnc3n[nH]c(-c4cc5c(-c6cc(O)cc(F)c6)nccc5[nH]4)c3c2)c1. The highest BCUT2D eigenvalue weighted by atomic mass is 19.1. The first-order chi connectivity index (χ1) is 17.4. The Morgan fingerprint density at radius 2 is 1.78 bits per heavy atom. The van der Waals surface area contributed by atoms with Crippen molar-refractivity contribution in [3.8, 4) is 39.5 Å². The fourth-order valence-electron chi connectivity index (χ4n) is 4.49. The van der Waals surface area contributed by atoms with E-state index in [1.54, 1.807) is 12.4 Å². The van der Waals surface area contributed by atoms with Crippen molar-refractivity contribution in [2.24, 2.45) is 0 Å². The Balaban J connectivity index is 1.45. The Morgan fingerprint density at radius 1 is 0.917 bits per heavy atom. The van der Waals surface area contributed by atoms with E-state index in [-0.39, 0.29) is 5.75 Å². The zero-order valence-electron chi connectivity index (χ0n) is 19.6. The Labute approximate surface area is 205 Å². The molecule has 0 fully saturated rings. The van der Waals surface area contributed by atoms with Crippen molar-refractivity contribution in [1.29, 1.82) is 0 Å². The fourth-order valence-corrected chi connectivity index (χ4v) is 4.49. The van der Waals surface area contributed by atoms with Gasteiger partial charge in [0, 0.05) is 70.4 Å². The summed E-state index contributed by atoms with van der Waals surface area (Å²) in [6, 6.07) is 11.9. The van der Waals surface area contributed by atoms with E-state index in [1.807, 2.05) is 44.7 Å². The van der Waals surface area contributed by atoms with Crippen molar-refractivity contribution < 1.29 is 9.50 Å². The molecule has 6 rings (SSSR count). The molecule has 0 bridgehead atoms. The topological polar surface area (TPSA) is 107 Å². The first-order valence-corrected chi connectivity index (χ1v) is 11.4. The molecule has 5 aromatic heterocycles. The van der Waals surface area contributed by atoms with E-state index in [1.165, 1.54) is 12.1 Å². The van der Waals surface area contributed by atoms with Crippen LogP contribution in [0.2, 0.25) is 0 Å². The van der Waals surface area contributed by atoms with Crippen LogP contribution in [0.5, 0.6) is 5.75 Å². The Bertz CT molecular complexity index is 1720. The zero-order chi connectivity index (χ0) is 24.8. The number of fused-ring (bicyclic) bond motifs is 2. The molecule has 5 heterocycles. The van der Waals surface area contributed by atoms with Gasteiger partial charge in [0.25, 0.3) is 0 Å². The molecule has 0 unspecified atom stereocenters. The summed E-state index contributed by atoms with van der Waals surface area (Å²) in [7, 11) is 4.05. The summed E-state index contributed by atoms with van der Waals surface area (Å²) in [6.07, 6.45) is 7.15. The Hall–Kier alpha value is -4.63. The highest BCUT2D eigenvalue weighted by Crippen LogP contribution is 2.34. The second-order valence-corrected chi connectivity index (χ2v) is 9.02. The molecular weight excluding hydrogens is 457 g/mol. The van der Waals surface area contributed by atoms with Crippen LogP contribution in [0.25, 0.3) is 55.7 Å². The van der Waals surface area contributed by atoms with Gasteiger partial charge in [-0.1, -0.05) is 0 Å². The molecule has 0 atom stereocenters. The lowest BCUT2D eigenvalue weighted by Gasteiger charge is -2.10. The summed E-state index contributed by atoms with van der Waals surface area (Å²) in [4.78, 5) is 18.9. The van der Waals surface area contributed by atoms with Crippen LogP contribution in [-0.4, -0.2) is 54.2 Å². The van der Waals surface area contributed by atoms with Gasteiger partial charge in [-0.15, -0.1) is 0 Å². The van der Waals surface area contributed by atoms with Crippen LogP contribution in [0.3, 0.4) is 0 Å². The highest BCUT2D eigenvalue weighted by Gasteiger charge is 2.16. The van der Waals surface area contributed by atoms with E-state index in [0.717, 1.165) is 57.0 Å². The van der Waals surface area contributed by atoms with Crippen LogP contribution < -0.4 is 0 Å². The van der Waals surface area contributed by atoms with Crippen LogP contribution in [0.1, 0.15) is 5.56 Å². The summed E-state index contributed by atoms with van der Waals surface area (Å²) in [5, 5.41) is 19.0. The van der Waals surface area contributed by atoms with Crippen molar-refractivity contribution >= 4 is 21.9 Å². The maximum atomic E-state index is 14.0. The number of hydrogen-bond acceptors (Lipinski definition) is 6. The van der Waals surface area contributed by atoms with Crippen LogP contribution in [-0.2, 0) is 6.54 Å². The summed E-state index contributed by atoms with van der Waals surface area (Å²) in [6.45, 7) is 0.794. The van der Waals surface area contributed by atoms with Crippen LogP contribution in [0, 0.1) is 5.82 Å². The standard InChI is InChI=1S/C27H22FN7O/c1-35(2)14-15-5-17(12-29-11-15)18-8-22-26(33-34-27(22)31-13-18)24-10-21-23(32-24)3-4-30-25(21)16-6-19(28)9-20(36)7-16/h3-13,32,36H,14H2,1-2H3,(H,31,33,34). The molecule has 178 valence electrons. The molecule has 0 aliphatic carbocycles. The third kappa shape index (κ3) is 3.95. The summed E-state index contributed by atoms with van der Waals surface area (Å²) in [5.74, 6) is -0.677. The number of nitrogens with one attached hydrogen (secondary N) is 2. The number of phenols is 1. The maximum absolute atomic E-state index is 14.0. The van der Waals surface area contributed by atoms with Crippen molar-refractivity contribution in [1.82, 2.24) is 35.0 Å². The predicted octanol–water partition coefficient (Wildman–Crippen LogP) is 5.14. The van der Waals surface area contributed by atoms with Gasteiger partial charge in [0.1, 0.15) is 11.6 Å². The lowest BCUT2D eigenvalue weighted by Crippen LogP contribution is -2.10. The van der Waals surface area contributed by atoms with Crippen LogP contribution >= 0.6 is 0 Å².